The fourth-order valence-corrected chi connectivity index (χ4v) is 1.51. The second-order valence-electron chi connectivity index (χ2n) is 5.25. The SMILES string of the molecule is CC(C)C(=N)c1[nH]cnc1N.CC(C)c1cc(N)ncn1. The van der Waals surface area contributed by atoms with Gasteiger partial charge in [-0.1, -0.05) is 27.7 Å². The highest BCUT2D eigenvalue weighted by molar-refractivity contribution is 6.01. The number of nitrogen functional groups attached to an aromatic ring is 2. The summed E-state index contributed by atoms with van der Waals surface area (Å²) < 4.78 is 0. The summed E-state index contributed by atoms with van der Waals surface area (Å²) in [6.07, 6.45) is 2.99. The van der Waals surface area contributed by atoms with Crippen LogP contribution in [0.3, 0.4) is 0 Å². The molecule has 0 aliphatic rings. The molecule has 2 rings (SSSR count). The molecule has 6 N–H and O–H groups in total. The number of nitrogens with two attached hydrogens (primary N) is 2. The van der Waals surface area contributed by atoms with Crippen molar-refractivity contribution in [2.24, 2.45) is 5.92 Å². The Balaban J connectivity index is 0.000000211. The fourth-order valence-electron chi connectivity index (χ4n) is 1.51. The van der Waals surface area contributed by atoms with Gasteiger partial charge in [0.25, 0.3) is 0 Å². The number of aromatic amines is 1. The van der Waals surface area contributed by atoms with Gasteiger partial charge in [-0.15, -0.1) is 0 Å². The summed E-state index contributed by atoms with van der Waals surface area (Å²) in [4.78, 5) is 14.5. The van der Waals surface area contributed by atoms with Crippen LogP contribution in [0.2, 0.25) is 0 Å². The van der Waals surface area contributed by atoms with Crippen molar-refractivity contribution >= 4 is 17.3 Å². The molecular weight excluding hydrogens is 266 g/mol. The van der Waals surface area contributed by atoms with Gasteiger partial charge in [0.1, 0.15) is 17.8 Å². The van der Waals surface area contributed by atoms with Gasteiger partial charge in [-0.3, -0.25) is 0 Å². The number of nitrogens with one attached hydrogen (secondary N) is 2. The van der Waals surface area contributed by atoms with Crippen LogP contribution in [-0.2, 0) is 0 Å². The highest BCUT2D eigenvalue weighted by Gasteiger charge is 2.10. The quantitative estimate of drug-likeness (QED) is 0.643. The average molecular weight is 289 g/mol. The van der Waals surface area contributed by atoms with Crippen molar-refractivity contribution < 1.29 is 0 Å². The minimum atomic E-state index is 0.178. The van der Waals surface area contributed by atoms with E-state index in [0.717, 1.165) is 5.69 Å². The van der Waals surface area contributed by atoms with E-state index in [1.807, 2.05) is 13.8 Å². The molecule has 0 radical (unpaired) electrons. The lowest BCUT2D eigenvalue weighted by Gasteiger charge is -2.04. The van der Waals surface area contributed by atoms with Gasteiger partial charge >= 0.3 is 0 Å². The van der Waals surface area contributed by atoms with Crippen LogP contribution in [0.4, 0.5) is 11.6 Å². The van der Waals surface area contributed by atoms with Gasteiger partial charge in [-0.2, -0.15) is 0 Å². The van der Waals surface area contributed by atoms with E-state index in [1.165, 1.54) is 12.7 Å². The lowest BCUT2D eigenvalue weighted by molar-refractivity contribution is 0.815. The summed E-state index contributed by atoms with van der Waals surface area (Å²) >= 11 is 0. The number of rotatable bonds is 3. The molecule has 2 aromatic rings. The lowest BCUT2D eigenvalue weighted by atomic mass is 10.1. The minimum Gasteiger partial charge on any atom is -0.384 e. The van der Waals surface area contributed by atoms with Gasteiger partial charge in [-0.05, 0) is 11.8 Å². The standard InChI is InChI=1S/C7H12N4.C7H11N3/c1-4(2)5(8)6-7(9)11-3-10-6;1-5(2)6-3-7(8)10-4-9-6/h3-4,8H,9H2,1-2H3,(H,10,11);3-5H,1-2H3,(H2,8,9,10). The van der Waals surface area contributed by atoms with E-state index in [9.17, 15) is 0 Å². The van der Waals surface area contributed by atoms with Crippen LogP contribution in [0.25, 0.3) is 0 Å². The summed E-state index contributed by atoms with van der Waals surface area (Å²) in [5.74, 6) is 1.55. The van der Waals surface area contributed by atoms with Crippen LogP contribution in [-0.4, -0.2) is 25.6 Å². The minimum absolute atomic E-state index is 0.178. The van der Waals surface area contributed by atoms with E-state index >= 15 is 0 Å². The first kappa shape index (κ1) is 16.6. The van der Waals surface area contributed by atoms with E-state index in [-0.39, 0.29) is 5.92 Å². The number of imidazole rings is 1. The topological polar surface area (TPSA) is 130 Å². The first-order valence-corrected chi connectivity index (χ1v) is 6.78. The third-order valence-corrected chi connectivity index (χ3v) is 2.82. The number of hydrogen-bond acceptors (Lipinski definition) is 6. The Hall–Kier alpha value is -2.44. The molecule has 114 valence electrons. The molecule has 0 saturated carbocycles. The van der Waals surface area contributed by atoms with Crippen molar-refractivity contribution in [3.05, 3.63) is 30.1 Å². The molecule has 7 nitrogen and oxygen atoms in total. The molecule has 0 aliphatic carbocycles. The molecule has 0 saturated heterocycles. The van der Waals surface area contributed by atoms with Crippen molar-refractivity contribution in [3.8, 4) is 0 Å². The Morgan fingerprint density at radius 2 is 1.81 bits per heavy atom. The molecule has 0 atom stereocenters. The van der Waals surface area contributed by atoms with Crippen molar-refractivity contribution in [2.75, 3.05) is 11.5 Å². The molecule has 0 aliphatic heterocycles. The molecule has 21 heavy (non-hydrogen) atoms. The summed E-state index contributed by atoms with van der Waals surface area (Å²) in [5.41, 5.74) is 13.1. The van der Waals surface area contributed by atoms with Crippen LogP contribution in [0.1, 0.15) is 45.0 Å². The van der Waals surface area contributed by atoms with Crippen molar-refractivity contribution in [1.29, 1.82) is 5.41 Å². The zero-order valence-corrected chi connectivity index (χ0v) is 12.9. The van der Waals surface area contributed by atoms with Crippen LogP contribution in [0.15, 0.2) is 18.7 Å². The Kier molecular flexibility index (Phi) is 5.83. The maximum Gasteiger partial charge on any atom is 0.150 e. The van der Waals surface area contributed by atoms with Crippen LogP contribution >= 0.6 is 0 Å². The van der Waals surface area contributed by atoms with E-state index in [1.54, 1.807) is 6.07 Å². The van der Waals surface area contributed by atoms with Crippen molar-refractivity contribution in [2.45, 2.75) is 33.6 Å². The largest absolute Gasteiger partial charge is 0.384 e. The van der Waals surface area contributed by atoms with Gasteiger partial charge < -0.3 is 21.9 Å². The maximum absolute atomic E-state index is 7.59. The van der Waals surface area contributed by atoms with Gasteiger partial charge in [0.15, 0.2) is 5.82 Å². The Morgan fingerprint density at radius 1 is 1.14 bits per heavy atom. The second kappa shape index (κ2) is 7.37. The first-order chi connectivity index (χ1) is 9.82. The van der Waals surface area contributed by atoms with Gasteiger partial charge in [-0.25, -0.2) is 15.0 Å². The lowest BCUT2D eigenvalue weighted by Crippen LogP contribution is -2.10. The summed E-state index contributed by atoms with van der Waals surface area (Å²) in [6.45, 7) is 8.04. The molecule has 0 aromatic carbocycles. The number of anilines is 2. The van der Waals surface area contributed by atoms with Gasteiger partial charge in [0.2, 0.25) is 0 Å². The van der Waals surface area contributed by atoms with Gasteiger partial charge in [0, 0.05) is 11.8 Å². The van der Waals surface area contributed by atoms with E-state index < -0.39 is 0 Å². The van der Waals surface area contributed by atoms with Crippen molar-refractivity contribution in [1.82, 2.24) is 19.9 Å². The average Bonchev–Trinajstić information content (AvgIpc) is 2.84. The predicted octanol–water partition coefficient (Wildman–Crippen LogP) is 2.20. The predicted molar refractivity (Wildman–Crippen MR) is 85.2 cm³/mol. The van der Waals surface area contributed by atoms with Crippen LogP contribution in [0.5, 0.6) is 0 Å². The molecule has 7 heteroatoms. The zero-order chi connectivity index (χ0) is 16.0. The van der Waals surface area contributed by atoms with Crippen LogP contribution < -0.4 is 11.5 Å². The summed E-state index contributed by atoms with van der Waals surface area (Å²) in [5, 5.41) is 7.59. The third kappa shape index (κ3) is 4.87. The van der Waals surface area contributed by atoms with E-state index in [4.69, 9.17) is 16.9 Å². The second-order valence-corrected chi connectivity index (χ2v) is 5.25. The first-order valence-electron chi connectivity index (χ1n) is 6.78. The molecule has 2 heterocycles. The highest BCUT2D eigenvalue weighted by Crippen LogP contribution is 2.11. The van der Waals surface area contributed by atoms with E-state index in [2.05, 4.69) is 33.8 Å². The van der Waals surface area contributed by atoms with Crippen molar-refractivity contribution in [3.63, 3.8) is 0 Å². The Bertz CT molecular complexity index is 587. The van der Waals surface area contributed by atoms with Gasteiger partial charge in [0.05, 0.1) is 12.0 Å². The normalized spacial score (nSPS) is 10.4. The molecule has 0 unspecified atom stereocenters. The molecule has 0 amide bonds. The summed E-state index contributed by atoms with van der Waals surface area (Å²) in [6, 6.07) is 1.80. The zero-order valence-electron chi connectivity index (χ0n) is 12.9. The molecule has 2 aromatic heterocycles. The molecule has 0 bridgehead atoms. The molecular formula is C14H23N7. The third-order valence-electron chi connectivity index (χ3n) is 2.82. The number of H-pyrrole nitrogens is 1. The maximum atomic E-state index is 7.59. The highest BCUT2D eigenvalue weighted by atomic mass is 15.0. The monoisotopic (exact) mass is 289 g/mol. The smallest absolute Gasteiger partial charge is 0.150 e. The Labute approximate surface area is 124 Å². The fraction of sp³-hybridized carbons (Fsp3) is 0.429. The molecule has 0 spiro atoms. The Morgan fingerprint density at radius 3 is 2.19 bits per heavy atom. The molecule has 0 fully saturated rings. The number of aromatic nitrogens is 4. The summed E-state index contributed by atoms with van der Waals surface area (Å²) in [7, 11) is 0. The van der Waals surface area contributed by atoms with Crippen LogP contribution in [0, 0.1) is 11.3 Å². The van der Waals surface area contributed by atoms with E-state index in [0.29, 0.717) is 29.0 Å². The number of nitrogens with zero attached hydrogens (tertiary/aromatic N) is 3. The number of hydrogen-bond donors (Lipinski definition) is 4.